The van der Waals surface area contributed by atoms with Gasteiger partial charge < -0.3 is 5.73 Å². The molecule has 0 aliphatic carbocycles. The third kappa shape index (κ3) is 2.12. The molecule has 0 fully saturated rings. The summed E-state index contributed by atoms with van der Waals surface area (Å²) in [6.07, 6.45) is 1.85. The second-order valence-corrected chi connectivity index (χ2v) is 2.96. The summed E-state index contributed by atoms with van der Waals surface area (Å²) in [7, 11) is 0. The van der Waals surface area contributed by atoms with Crippen molar-refractivity contribution in [2.75, 3.05) is 0 Å². The van der Waals surface area contributed by atoms with Gasteiger partial charge in [-0.25, -0.2) is 0 Å². The Morgan fingerprint density at radius 3 is 2.42 bits per heavy atom. The van der Waals surface area contributed by atoms with Gasteiger partial charge in [-0.1, -0.05) is 37.8 Å². The molecule has 1 heteroatoms. The molecular formula is C11H15N. The molecule has 0 radical (unpaired) electrons. The molecule has 0 spiro atoms. The van der Waals surface area contributed by atoms with Gasteiger partial charge in [0.15, 0.2) is 0 Å². The van der Waals surface area contributed by atoms with Crippen LogP contribution in [0.3, 0.4) is 0 Å². The van der Waals surface area contributed by atoms with Gasteiger partial charge in [0.25, 0.3) is 0 Å². The van der Waals surface area contributed by atoms with Crippen LogP contribution < -0.4 is 5.73 Å². The third-order valence-corrected chi connectivity index (χ3v) is 1.92. The molecule has 0 heterocycles. The topological polar surface area (TPSA) is 26.0 Å². The molecule has 0 aliphatic heterocycles. The van der Waals surface area contributed by atoms with E-state index >= 15 is 0 Å². The van der Waals surface area contributed by atoms with Crippen LogP contribution in [0.15, 0.2) is 36.5 Å². The van der Waals surface area contributed by atoms with Crippen LogP contribution in [0.5, 0.6) is 0 Å². The van der Waals surface area contributed by atoms with Crippen molar-refractivity contribution in [1.82, 2.24) is 0 Å². The van der Waals surface area contributed by atoms with Gasteiger partial charge >= 0.3 is 0 Å². The Kier molecular flexibility index (Phi) is 2.92. The lowest BCUT2D eigenvalue weighted by atomic mass is 10.0. The average molecular weight is 161 g/mol. The minimum atomic E-state index is 0.732. The number of nitrogens with two attached hydrogens (primary N) is 1. The molecule has 0 aromatic heterocycles. The second-order valence-electron chi connectivity index (χ2n) is 2.96. The number of allylic oxidation sites excluding steroid dienone is 1. The Hall–Kier alpha value is -1.24. The molecule has 1 aromatic rings. The summed E-state index contributed by atoms with van der Waals surface area (Å²) in [6.45, 7) is 5.85. The van der Waals surface area contributed by atoms with E-state index in [1.54, 1.807) is 0 Å². The quantitative estimate of drug-likeness (QED) is 0.723. The zero-order chi connectivity index (χ0) is 8.97. The largest absolute Gasteiger partial charge is 0.402 e. The van der Waals surface area contributed by atoms with Crippen molar-refractivity contribution in [3.8, 4) is 0 Å². The van der Waals surface area contributed by atoms with Crippen LogP contribution in [0, 0.1) is 0 Å². The van der Waals surface area contributed by atoms with Gasteiger partial charge in [-0.2, -0.15) is 0 Å². The second kappa shape index (κ2) is 3.96. The van der Waals surface area contributed by atoms with Gasteiger partial charge in [0.1, 0.15) is 0 Å². The van der Waals surface area contributed by atoms with Gasteiger partial charge in [0.2, 0.25) is 0 Å². The lowest BCUT2D eigenvalue weighted by molar-refractivity contribution is 1.04. The third-order valence-electron chi connectivity index (χ3n) is 1.92. The number of hydrogen-bond donors (Lipinski definition) is 1. The van der Waals surface area contributed by atoms with Crippen LogP contribution in [-0.2, 0) is 12.8 Å². The van der Waals surface area contributed by atoms with Crippen molar-refractivity contribution in [3.05, 3.63) is 47.7 Å². The van der Waals surface area contributed by atoms with E-state index in [0.29, 0.717) is 0 Å². The van der Waals surface area contributed by atoms with Crippen molar-refractivity contribution in [3.63, 3.8) is 0 Å². The lowest BCUT2D eigenvalue weighted by Gasteiger charge is -2.06. The van der Waals surface area contributed by atoms with Crippen LogP contribution in [0.25, 0.3) is 0 Å². The molecule has 1 aromatic carbocycles. The van der Waals surface area contributed by atoms with Crippen molar-refractivity contribution < 1.29 is 0 Å². The minimum absolute atomic E-state index is 0.732. The van der Waals surface area contributed by atoms with E-state index in [1.807, 2.05) is 6.07 Å². The van der Waals surface area contributed by atoms with Gasteiger partial charge in [-0.15, -0.1) is 0 Å². The van der Waals surface area contributed by atoms with E-state index in [1.165, 1.54) is 11.1 Å². The van der Waals surface area contributed by atoms with E-state index in [0.717, 1.165) is 18.5 Å². The van der Waals surface area contributed by atoms with Gasteiger partial charge in [-0.05, 0) is 17.5 Å². The Morgan fingerprint density at radius 1 is 1.33 bits per heavy atom. The van der Waals surface area contributed by atoms with Crippen LogP contribution in [0.1, 0.15) is 18.1 Å². The first kappa shape index (κ1) is 8.85. The average Bonchev–Trinajstić information content (AvgIpc) is 2.04. The number of aryl methyl sites for hydroxylation is 1. The molecule has 1 rings (SSSR count). The standard InChI is InChI=1S/C11H15N/c1-3-10-6-4-5-7-11(10)8-9(2)12/h4-7H,2-3,8,12H2,1H3. The maximum absolute atomic E-state index is 5.55. The summed E-state index contributed by atoms with van der Waals surface area (Å²) in [5.41, 5.74) is 8.95. The fourth-order valence-electron chi connectivity index (χ4n) is 1.32. The van der Waals surface area contributed by atoms with Gasteiger partial charge in [0, 0.05) is 12.1 Å². The summed E-state index contributed by atoms with van der Waals surface area (Å²) in [4.78, 5) is 0. The molecule has 64 valence electrons. The molecule has 0 bridgehead atoms. The SMILES string of the molecule is C=C(N)Cc1ccccc1CC. The number of hydrogen-bond acceptors (Lipinski definition) is 1. The maximum Gasteiger partial charge on any atom is 0.0117 e. The first-order valence-corrected chi connectivity index (χ1v) is 4.24. The minimum Gasteiger partial charge on any atom is -0.402 e. The summed E-state index contributed by atoms with van der Waals surface area (Å²) < 4.78 is 0. The fourth-order valence-corrected chi connectivity index (χ4v) is 1.32. The zero-order valence-corrected chi connectivity index (χ0v) is 7.51. The van der Waals surface area contributed by atoms with Crippen LogP contribution >= 0.6 is 0 Å². The first-order valence-electron chi connectivity index (χ1n) is 4.24. The monoisotopic (exact) mass is 161 g/mol. The zero-order valence-electron chi connectivity index (χ0n) is 7.51. The lowest BCUT2D eigenvalue weighted by Crippen LogP contribution is -2.01. The highest BCUT2D eigenvalue weighted by molar-refractivity contribution is 5.29. The van der Waals surface area contributed by atoms with Crippen LogP contribution in [-0.4, -0.2) is 0 Å². The first-order chi connectivity index (χ1) is 5.74. The Bertz CT molecular complexity index is 276. The summed E-state index contributed by atoms with van der Waals surface area (Å²) in [6, 6.07) is 8.34. The Morgan fingerprint density at radius 2 is 1.92 bits per heavy atom. The fraction of sp³-hybridized carbons (Fsp3) is 0.273. The summed E-state index contributed by atoms with van der Waals surface area (Å²) in [5, 5.41) is 0. The highest BCUT2D eigenvalue weighted by Crippen LogP contribution is 2.11. The van der Waals surface area contributed by atoms with Crippen LogP contribution in [0.2, 0.25) is 0 Å². The summed E-state index contributed by atoms with van der Waals surface area (Å²) >= 11 is 0. The van der Waals surface area contributed by atoms with Crippen molar-refractivity contribution >= 4 is 0 Å². The van der Waals surface area contributed by atoms with Crippen molar-refractivity contribution in [1.29, 1.82) is 0 Å². The van der Waals surface area contributed by atoms with E-state index < -0.39 is 0 Å². The predicted octanol–water partition coefficient (Wildman–Crippen LogP) is 2.26. The molecule has 1 nitrogen and oxygen atoms in total. The molecular weight excluding hydrogens is 146 g/mol. The normalized spacial score (nSPS) is 9.75. The van der Waals surface area contributed by atoms with Crippen molar-refractivity contribution in [2.24, 2.45) is 5.73 Å². The molecule has 0 atom stereocenters. The van der Waals surface area contributed by atoms with Crippen molar-refractivity contribution in [2.45, 2.75) is 19.8 Å². The summed E-state index contributed by atoms with van der Waals surface area (Å²) in [5.74, 6) is 0. The highest BCUT2D eigenvalue weighted by atomic mass is 14.6. The Balaban J connectivity index is 2.89. The van der Waals surface area contributed by atoms with E-state index in [2.05, 4.69) is 31.7 Å². The molecule has 0 unspecified atom stereocenters. The molecule has 0 aliphatic rings. The van der Waals surface area contributed by atoms with Crippen LogP contribution in [0.4, 0.5) is 0 Å². The molecule has 12 heavy (non-hydrogen) atoms. The Labute approximate surface area is 73.9 Å². The van der Waals surface area contributed by atoms with Gasteiger partial charge in [-0.3, -0.25) is 0 Å². The van der Waals surface area contributed by atoms with E-state index in [4.69, 9.17) is 5.73 Å². The predicted molar refractivity (Wildman–Crippen MR) is 52.9 cm³/mol. The maximum atomic E-state index is 5.55. The smallest absolute Gasteiger partial charge is 0.0117 e. The molecule has 0 saturated heterocycles. The van der Waals surface area contributed by atoms with E-state index in [-0.39, 0.29) is 0 Å². The molecule has 2 N–H and O–H groups in total. The number of rotatable bonds is 3. The molecule has 0 amide bonds. The highest BCUT2D eigenvalue weighted by Gasteiger charge is 1.98. The van der Waals surface area contributed by atoms with E-state index in [9.17, 15) is 0 Å². The molecule has 0 saturated carbocycles. The van der Waals surface area contributed by atoms with Gasteiger partial charge in [0.05, 0.1) is 0 Å². The number of benzene rings is 1.